The fourth-order valence-electron chi connectivity index (χ4n) is 2.53. The smallest absolute Gasteiger partial charge is 0.306 e. The van der Waals surface area contributed by atoms with Crippen molar-refractivity contribution >= 4 is 5.97 Å². The number of aliphatic hydroxyl groups is 3. The van der Waals surface area contributed by atoms with Crippen LogP contribution in [-0.4, -0.2) is 69.7 Å². The van der Waals surface area contributed by atoms with Crippen LogP contribution in [0.15, 0.2) is 0 Å². The molecule has 0 atom stereocenters. The van der Waals surface area contributed by atoms with E-state index in [1.807, 2.05) is 0 Å². The molecule has 0 spiro atoms. The molecule has 6 heteroatoms. The topological polar surface area (TPSA) is 101 Å². The van der Waals surface area contributed by atoms with Gasteiger partial charge in [-0.3, -0.25) is 9.69 Å². The Morgan fingerprint density at radius 3 is 2.06 bits per heavy atom. The third-order valence-electron chi connectivity index (χ3n) is 3.62. The Morgan fingerprint density at radius 1 is 1.17 bits per heavy atom. The predicted octanol–water partition coefficient (Wildman–Crippen LogP) is -0.721. The molecule has 1 aliphatic rings. The van der Waals surface area contributed by atoms with Gasteiger partial charge in [0.05, 0.1) is 24.7 Å². The van der Waals surface area contributed by atoms with Crippen LogP contribution in [0.2, 0.25) is 0 Å². The zero-order valence-corrected chi connectivity index (χ0v) is 10.6. The van der Waals surface area contributed by atoms with Crippen LogP contribution in [0.4, 0.5) is 0 Å². The standard InChI is InChI=1S/C12H23NO5/c14-7-5-13(6-8-15)9-12(18)3-1-10(2-4-12)11(16)17/h10,14-15,18H,1-9H2,(H,16,17). The van der Waals surface area contributed by atoms with Gasteiger partial charge >= 0.3 is 5.97 Å². The molecule has 0 aromatic rings. The molecule has 1 aliphatic carbocycles. The molecule has 106 valence electrons. The summed E-state index contributed by atoms with van der Waals surface area (Å²) in [5, 5.41) is 37.1. The predicted molar refractivity (Wildman–Crippen MR) is 65.2 cm³/mol. The number of hydrogen-bond donors (Lipinski definition) is 4. The third kappa shape index (κ3) is 4.53. The normalized spacial score (nSPS) is 28.6. The molecule has 0 heterocycles. The minimum Gasteiger partial charge on any atom is -0.481 e. The van der Waals surface area contributed by atoms with Crippen LogP contribution in [-0.2, 0) is 4.79 Å². The average molecular weight is 261 g/mol. The Labute approximate surface area is 107 Å². The first kappa shape index (κ1) is 15.4. The second-order valence-corrected chi connectivity index (χ2v) is 5.06. The van der Waals surface area contributed by atoms with Gasteiger partial charge in [-0.05, 0) is 25.7 Å². The van der Waals surface area contributed by atoms with Gasteiger partial charge in [0.2, 0.25) is 0 Å². The van der Waals surface area contributed by atoms with Crippen molar-refractivity contribution in [2.75, 3.05) is 32.8 Å². The highest BCUT2D eigenvalue weighted by molar-refractivity contribution is 5.70. The van der Waals surface area contributed by atoms with Gasteiger partial charge in [-0.2, -0.15) is 0 Å². The van der Waals surface area contributed by atoms with E-state index in [9.17, 15) is 9.90 Å². The zero-order valence-electron chi connectivity index (χ0n) is 10.6. The molecule has 18 heavy (non-hydrogen) atoms. The van der Waals surface area contributed by atoms with Crippen molar-refractivity contribution in [1.82, 2.24) is 4.90 Å². The summed E-state index contributed by atoms with van der Waals surface area (Å²) in [6.07, 6.45) is 1.88. The van der Waals surface area contributed by atoms with Crippen molar-refractivity contribution in [1.29, 1.82) is 0 Å². The molecule has 0 aromatic heterocycles. The van der Waals surface area contributed by atoms with Gasteiger partial charge in [-0.25, -0.2) is 0 Å². The molecule has 6 nitrogen and oxygen atoms in total. The Kier molecular flexibility index (Phi) is 6.01. The number of carboxylic acids is 1. The molecule has 0 aliphatic heterocycles. The summed E-state index contributed by atoms with van der Waals surface area (Å²) in [5.74, 6) is -1.14. The van der Waals surface area contributed by atoms with Crippen LogP contribution in [0, 0.1) is 5.92 Å². The van der Waals surface area contributed by atoms with E-state index in [2.05, 4.69) is 0 Å². The quantitative estimate of drug-likeness (QED) is 0.482. The number of nitrogens with zero attached hydrogens (tertiary/aromatic N) is 1. The van der Waals surface area contributed by atoms with Crippen LogP contribution in [0.5, 0.6) is 0 Å². The Hall–Kier alpha value is -0.690. The van der Waals surface area contributed by atoms with Crippen LogP contribution < -0.4 is 0 Å². The molecule has 1 saturated carbocycles. The Bertz CT molecular complexity index is 257. The van der Waals surface area contributed by atoms with Gasteiger partial charge in [-0.1, -0.05) is 0 Å². The minimum absolute atomic E-state index is 0.0200. The molecule has 0 bridgehead atoms. The summed E-state index contributed by atoms with van der Waals surface area (Å²) in [7, 11) is 0. The van der Waals surface area contributed by atoms with Crippen molar-refractivity contribution in [2.24, 2.45) is 5.92 Å². The van der Waals surface area contributed by atoms with Crippen LogP contribution in [0.25, 0.3) is 0 Å². The van der Waals surface area contributed by atoms with Crippen LogP contribution >= 0.6 is 0 Å². The van der Waals surface area contributed by atoms with Gasteiger partial charge < -0.3 is 20.4 Å². The minimum atomic E-state index is -0.893. The Morgan fingerprint density at radius 2 is 1.67 bits per heavy atom. The number of carbonyl (C=O) groups is 1. The molecular formula is C12H23NO5. The van der Waals surface area contributed by atoms with Gasteiger partial charge in [0.1, 0.15) is 0 Å². The Balaban J connectivity index is 2.47. The fourth-order valence-corrected chi connectivity index (χ4v) is 2.53. The van der Waals surface area contributed by atoms with E-state index < -0.39 is 11.6 Å². The summed E-state index contributed by atoms with van der Waals surface area (Å²) >= 11 is 0. The first-order chi connectivity index (χ1) is 8.50. The SMILES string of the molecule is O=C(O)C1CCC(O)(CN(CCO)CCO)CC1. The van der Waals surface area contributed by atoms with E-state index >= 15 is 0 Å². The van der Waals surface area contributed by atoms with E-state index in [0.717, 1.165) is 0 Å². The van der Waals surface area contributed by atoms with Gasteiger partial charge in [0.25, 0.3) is 0 Å². The fraction of sp³-hybridized carbons (Fsp3) is 0.917. The molecule has 0 amide bonds. The van der Waals surface area contributed by atoms with Crippen LogP contribution in [0.3, 0.4) is 0 Å². The lowest BCUT2D eigenvalue weighted by atomic mass is 9.78. The first-order valence-electron chi connectivity index (χ1n) is 6.40. The van der Waals surface area contributed by atoms with Gasteiger partial charge in [0.15, 0.2) is 0 Å². The van der Waals surface area contributed by atoms with Gasteiger partial charge in [0, 0.05) is 19.6 Å². The number of aliphatic hydroxyl groups excluding tert-OH is 2. The van der Waals surface area contributed by atoms with Gasteiger partial charge in [-0.15, -0.1) is 0 Å². The second-order valence-electron chi connectivity index (χ2n) is 5.06. The summed E-state index contributed by atoms with van der Waals surface area (Å²) in [6, 6.07) is 0. The molecule has 1 fully saturated rings. The highest BCUT2D eigenvalue weighted by Crippen LogP contribution is 2.32. The first-order valence-corrected chi connectivity index (χ1v) is 6.40. The number of hydrogen-bond acceptors (Lipinski definition) is 5. The lowest BCUT2D eigenvalue weighted by Gasteiger charge is -2.38. The van der Waals surface area contributed by atoms with Crippen molar-refractivity contribution in [2.45, 2.75) is 31.3 Å². The van der Waals surface area contributed by atoms with Crippen molar-refractivity contribution in [3.63, 3.8) is 0 Å². The molecule has 0 aromatic carbocycles. The number of rotatable bonds is 7. The summed E-state index contributed by atoms with van der Waals surface area (Å²) in [6.45, 7) is 1.15. The second kappa shape index (κ2) is 7.04. The maximum atomic E-state index is 10.8. The third-order valence-corrected chi connectivity index (χ3v) is 3.62. The monoisotopic (exact) mass is 261 g/mol. The van der Waals surface area contributed by atoms with E-state index in [4.69, 9.17) is 15.3 Å². The summed E-state index contributed by atoms with van der Waals surface area (Å²) < 4.78 is 0. The molecule has 0 saturated heterocycles. The largest absolute Gasteiger partial charge is 0.481 e. The summed E-state index contributed by atoms with van der Waals surface area (Å²) in [5.41, 5.74) is -0.893. The van der Waals surface area contributed by atoms with E-state index in [-0.39, 0.29) is 19.1 Å². The maximum Gasteiger partial charge on any atom is 0.306 e. The average Bonchev–Trinajstić information content (AvgIpc) is 2.29. The number of aliphatic carboxylic acids is 1. The molecule has 1 rings (SSSR count). The lowest BCUT2D eigenvalue weighted by Crippen LogP contribution is -2.47. The maximum absolute atomic E-state index is 10.8. The van der Waals surface area contributed by atoms with Crippen molar-refractivity contribution < 1.29 is 25.2 Å². The molecule has 0 unspecified atom stereocenters. The van der Waals surface area contributed by atoms with E-state index in [1.54, 1.807) is 4.90 Å². The lowest BCUT2D eigenvalue weighted by molar-refractivity contribution is -0.145. The highest BCUT2D eigenvalue weighted by atomic mass is 16.4. The highest BCUT2D eigenvalue weighted by Gasteiger charge is 2.36. The summed E-state index contributed by atoms with van der Waals surface area (Å²) in [4.78, 5) is 12.6. The van der Waals surface area contributed by atoms with Crippen LogP contribution in [0.1, 0.15) is 25.7 Å². The van der Waals surface area contributed by atoms with E-state index in [0.29, 0.717) is 45.3 Å². The number of carboxylic acid groups (broad SMARTS) is 1. The van der Waals surface area contributed by atoms with E-state index in [1.165, 1.54) is 0 Å². The van der Waals surface area contributed by atoms with Crippen molar-refractivity contribution in [3.05, 3.63) is 0 Å². The van der Waals surface area contributed by atoms with Crippen molar-refractivity contribution in [3.8, 4) is 0 Å². The molecule has 4 N–H and O–H groups in total. The molecular weight excluding hydrogens is 238 g/mol. The molecule has 0 radical (unpaired) electrons. The zero-order chi connectivity index (χ0) is 13.6.